The summed E-state index contributed by atoms with van der Waals surface area (Å²) in [4.78, 5) is 0. The lowest BCUT2D eigenvalue weighted by Crippen LogP contribution is -2.14. The van der Waals surface area contributed by atoms with E-state index in [2.05, 4.69) is 0 Å². The fraction of sp³-hybridized carbons (Fsp3) is 0.250. The van der Waals surface area contributed by atoms with Gasteiger partial charge in [-0.3, -0.25) is 0 Å². The van der Waals surface area contributed by atoms with Crippen LogP contribution in [0.15, 0.2) is 30.3 Å². The Bertz CT molecular complexity index is 186. The first-order valence-electron chi connectivity index (χ1n) is 3.34. The number of nitrogens with zero attached hydrogens (tertiary/aromatic N) is 1. The molecule has 0 bridgehead atoms. The van der Waals surface area contributed by atoms with Crippen LogP contribution in [0.25, 0.3) is 0 Å². The summed E-state index contributed by atoms with van der Waals surface area (Å²) in [5.74, 6) is 0. The molecule has 2 nitrogen and oxygen atoms in total. The zero-order valence-electron chi connectivity index (χ0n) is 5.95. The summed E-state index contributed by atoms with van der Waals surface area (Å²) >= 11 is 0. The third-order valence-electron chi connectivity index (χ3n) is 1.33. The molecule has 1 aromatic carbocycles. The summed E-state index contributed by atoms with van der Waals surface area (Å²) in [7, 11) is 0. The zero-order valence-corrected chi connectivity index (χ0v) is 5.95. The normalized spacial score (nSPS) is 9.40. The Kier molecular flexibility index (Phi) is 2.29. The van der Waals surface area contributed by atoms with Gasteiger partial charge in [0.05, 0.1) is 5.69 Å². The van der Waals surface area contributed by atoms with Crippen molar-refractivity contribution in [2.45, 2.75) is 6.92 Å². The van der Waals surface area contributed by atoms with E-state index in [1.807, 2.05) is 25.1 Å². The second-order valence-electron chi connectivity index (χ2n) is 2.03. The van der Waals surface area contributed by atoms with Crippen molar-refractivity contribution in [3.63, 3.8) is 0 Å². The van der Waals surface area contributed by atoms with Crippen molar-refractivity contribution < 1.29 is 5.21 Å². The lowest BCUT2D eigenvalue weighted by Gasteiger charge is -2.09. The molecule has 0 amide bonds. The van der Waals surface area contributed by atoms with Gasteiger partial charge in [-0.25, -0.2) is 5.06 Å². The number of hydrogen-bond acceptors (Lipinski definition) is 1. The van der Waals surface area contributed by atoms with Crippen LogP contribution in [-0.2, 0) is 5.21 Å². The van der Waals surface area contributed by atoms with Gasteiger partial charge < -0.3 is 0 Å². The third-order valence-corrected chi connectivity index (χ3v) is 1.33. The van der Waals surface area contributed by atoms with Crippen LogP contribution in [0, 0.1) is 0 Å². The number of anilines is 1. The van der Waals surface area contributed by atoms with Gasteiger partial charge in [0.2, 0.25) is 0 Å². The average Bonchev–Trinajstić information content (AvgIpc) is 2.05. The molecule has 0 heterocycles. The van der Waals surface area contributed by atoms with Gasteiger partial charge in [-0.15, -0.1) is 0 Å². The van der Waals surface area contributed by atoms with E-state index in [1.54, 1.807) is 12.1 Å². The van der Waals surface area contributed by atoms with E-state index < -0.39 is 0 Å². The number of hydrogen-bond donors (Lipinski definition) is 0. The molecule has 1 rings (SSSR count). The fourth-order valence-electron chi connectivity index (χ4n) is 0.777. The standard InChI is InChI=1S/C8H10NO/c1-2-9(10)8-6-4-3-5-7-8/h3-7H,2H2,1H3. The van der Waals surface area contributed by atoms with Crippen LogP contribution in [0.1, 0.15) is 6.92 Å². The van der Waals surface area contributed by atoms with Gasteiger partial charge in [0, 0.05) is 6.54 Å². The van der Waals surface area contributed by atoms with Gasteiger partial charge in [-0.05, 0) is 19.1 Å². The van der Waals surface area contributed by atoms with E-state index in [9.17, 15) is 5.21 Å². The lowest BCUT2D eigenvalue weighted by atomic mass is 10.3. The molecule has 1 aromatic rings. The number of benzene rings is 1. The summed E-state index contributed by atoms with van der Waals surface area (Å²) in [6.07, 6.45) is 0. The van der Waals surface area contributed by atoms with Crippen LogP contribution in [0.2, 0.25) is 0 Å². The van der Waals surface area contributed by atoms with Gasteiger partial charge >= 0.3 is 0 Å². The van der Waals surface area contributed by atoms with E-state index in [0.717, 1.165) is 10.8 Å². The second-order valence-corrected chi connectivity index (χ2v) is 2.03. The molecule has 0 fully saturated rings. The van der Waals surface area contributed by atoms with Gasteiger partial charge in [-0.2, -0.15) is 0 Å². The van der Waals surface area contributed by atoms with Gasteiger partial charge in [0.15, 0.2) is 0 Å². The molecule has 2 heteroatoms. The van der Waals surface area contributed by atoms with E-state index in [0.29, 0.717) is 6.54 Å². The zero-order chi connectivity index (χ0) is 7.40. The molecular weight excluding hydrogens is 126 g/mol. The Morgan fingerprint density at radius 1 is 1.30 bits per heavy atom. The largest absolute Gasteiger partial charge is 0.221 e. The highest BCUT2D eigenvalue weighted by Gasteiger charge is 1.97. The van der Waals surface area contributed by atoms with Crippen LogP contribution < -0.4 is 5.06 Å². The predicted molar refractivity (Wildman–Crippen MR) is 40.1 cm³/mol. The summed E-state index contributed by atoms with van der Waals surface area (Å²) in [5.41, 5.74) is 0.727. The molecule has 0 aliphatic carbocycles. The summed E-state index contributed by atoms with van der Waals surface area (Å²) in [5, 5.41) is 11.9. The van der Waals surface area contributed by atoms with E-state index in [4.69, 9.17) is 0 Å². The summed E-state index contributed by atoms with van der Waals surface area (Å²) in [6, 6.07) is 9.21. The number of para-hydroxylation sites is 1. The summed E-state index contributed by atoms with van der Waals surface area (Å²) < 4.78 is 0. The molecule has 0 aliphatic rings. The predicted octanol–water partition coefficient (Wildman–Crippen LogP) is 1.86. The quantitative estimate of drug-likeness (QED) is 0.569. The topological polar surface area (TPSA) is 23.1 Å². The highest BCUT2D eigenvalue weighted by molar-refractivity contribution is 5.42. The van der Waals surface area contributed by atoms with Crippen LogP contribution in [0.3, 0.4) is 0 Å². The van der Waals surface area contributed by atoms with Crippen molar-refractivity contribution in [1.82, 2.24) is 0 Å². The molecule has 0 N–H and O–H groups in total. The van der Waals surface area contributed by atoms with E-state index in [-0.39, 0.29) is 0 Å². The van der Waals surface area contributed by atoms with Crippen molar-refractivity contribution in [3.8, 4) is 0 Å². The molecule has 53 valence electrons. The molecule has 0 atom stereocenters. The first-order valence-corrected chi connectivity index (χ1v) is 3.34. The Balaban J connectivity index is 2.75. The van der Waals surface area contributed by atoms with Crippen LogP contribution in [-0.4, -0.2) is 6.54 Å². The molecular formula is C8H10NO. The molecule has 10 heavy (non-hydrogen) atoms. The minimum absolute atomic E-state index is 0.504. The maximum absolute atomic E-state index is 10.9. The van der Waals surface area contributed by atoms with Crippen molar-refractivity contribution in [3.05, 3.63) is 30.3 Å². The van der Waals surface area contributed by atoms with E-state index in [1.165, 1.54) is 0 Å². The van der Waals surface area contributed by atoms with Gasteiger partial charge in [0.1, 0.15) is 0 Å². The van der Waals surface area contributed by atoms with Crippen molar-refractivity contribution in [2.24, 2.45) is 0 Å². The second kappa shape index (κ2) is 3.22. The Labute approximate surface area is 60.7 Å². The molecule has 0 aliphatic heterocycles. The lowest BCUT2D eigenvalue weighted by molar-refractivity contribution is 0.162. The fourth-order valence-corrected chi connectivity index (χ4v) is 0.777. The monoisotopic (exact) mass is 136 g/mol. The smallest absolute Gasteiger partial charge is 0.0667 e. The van der Waals surface area contributed by atoms with Gasteiger partial charge in [-0.1, -0.05) is 23.4 Å². The molecule has 0 saturated carbocycles. The van der Waals surface area contributed by atoms with Crippen molar-refractivity contribution in [2.75, 3.05) is 11.6 Å². The summed E-state index contributed by atoms with van der Waals surface area (Å²) in [6.45, 7) is 2.34. The number of hydroxylamine groups is 1. The third kappa shape index (κ3) is 1.48. The molecule has 0 saturated heterocycles. The van der Waals surface area contributed by atoms with E-state index >= 15 is 0 Å². The highest BCUT2D eigenvalue weighted by Crippen LogP contribution is 2.09. The average molecular weight is 136 g/mol. The van der Waals surface area contributed by atoms with Crippen molar-refractivity contribution in [1.29, 1.82) is 0 Å². The first-order chi connectivity index (χ1) is 4.84. The van der Waals surface area contributed by atoms with Crippen LogP contribution in [0.5, 0.6) is 0 Å². The maximum atomic E-state index is 10.9. The first kappa shape index (κ1) is 7.09. The Morgan fingerprint density at radius 2 is 1.90 bits per heavy atom. The SMILES string of the molecule is CCN([O])c1ccccc1. The molecule has 0 spiro atoms. The van der Waals surface area contributed by atoms with Crippen molar-refractivity contribution >= 4 is 5.69 Å². The van der Waals surface area contributed by atoms with Crippen LogP contribution >= 0.6 is 0 Å². The highest BCUT2D eigenvalue weighted by atomic mass is 16.5. The Morgan fingerprint density at radius 3 is 2.40 bits per heavy atom. The number of rotatable bonds is 2. The molecule has 1 radical (unpaired) electrons. The Hall–Kier alpha value is -1.02. The molecule has 0 unspecified atom stereocenters. The van der Waals surface area contributed by atoms with Crippen LogP contribution in [0.4, 0.5) is 5.69 Å². The minimum atomic E-state index is 0.504. The van der Waals surface area contributed by atoms with Gasteiger partial charge in [0.25, 0.3) is 0 Å². The maximum Gasteiger partial charge on any atom is 0.0667 e. The minimum Gasteiger partial charge on any atom is -0.221 e. The molecule has 0 aromatic heterocycles.